The van der Waals surface area contributed by atoms with Crippen LogP contribution in [0.4, 0.5) is 0 Å². The Labute approximate surface area is 140 Å². The third-order valence-corrected chi connectivity index (χ3v) is 7.30. The van der Waals surface area contributed by atoms with Crippen LogP contribution >= 0.6 is 0 Å². The summed E-state index contributed by atoms with van der Waals surface area (Å²) in [5, 5.41) is 57.1. The molecule has 0 aromatic rings. The largest absolute Gasteiger partial charge is 0.726 e. The Morgan fingerprint density at radius 3 is 2.29 bits per heavy atom. The maximum absolute atomic E-state index is 10.8. The molecule has 0 radical (unpaired) electrons. The third-order valence-electron chi connectivity index (χ3n) is 4.03. The van der Waals surface area contributed by atoms with Crippen molar-refractivity contribution in [2.24, 2.45) is 0 Å². The summed E-state index contributed by atoms with van der Waals surface area (Å²) in [6.45, 7) is -0.451. The van der Waals surface area contributed by atoms with Gasteiger partial charge in [0.1, 0.15) is 48.1 Å². The summed E-state index contributed by atoms with van der Waals surface area (Å²) >= 11 is 0. The molecule has 0 spiro atoms. The van der Waals surface area contributed by atoms with Crippen molar-refractivity contribution < 1.29 is 52.5 Å². The first-order chi connectivity index (χ1) is 11.0. The Morgan fingerprint density at radius 2 is 1.75 bits per heavy atom. The van der Waals surface area contributed by atoms with E-state index >= 15 is 0 Å². The normalized spacial score (nSPS) is 47.0. The Hall–Kier alpha value is -0.0600. The molecule has 2 saturated heterocycles. The van der Waals surface area contributed by atoms with Crippen molar-refractivity contribution in [2.75, 3.05) is 18.1 Å². The number of rotatable bonds is 5. The van der Waals surface area contributed by atoms with Crippen LogP contribution in [0, 0.1) is 0 Å². The van der Waals surface area contributed by atoms with E-state index in [4.69, 9.17) is 4.74 Å². The number of aliphatic hydroxyl groups excluding tert-OH is 6. The van der Waals surface area contributed by atoms with Crippen molar-refractivity contribution in [3.8, 4) is 0 Å². The fourth-order valence-corrected chi connectivity index (χ4v) is 6.06. The molecule has 0 aliphatic carbocycles. The summed E-state index contributed by atoms with van der Waals surface area (Å²) in [5.41, 5.74) is 0. The van der Waals surface area contributed by atoms with Gasteiger partial charge in [-0.1, -0.05) is 0 Å². The van der Waals surface area contributed by atoms with Crippen LogP contribution in [-0.2, 0) is 30.2 Å². The maximum Gasteiger partial charge on any atom is 0.218 e. The van der Waals surface area contributed by atoms with Crippen LogP contribution in [0.25, 0.3) is 0 Å². The smallest absolute Gasteiger partial charge is 0.218 e. The highest BCUT2D eigenvalue weighted by Gasteiger charge is 2.54. The molecule has 2 aliphatic heterocycles. The molecule has 142 valence electrons. The van der Waals surface area contributed by atoms with Crippen molar-refractivity contribution in [1.82, 2.24) is 0 Å². The second kappa shape index (κ2) is 7.67. The molecule has 2 rings (SSSR count). The Morgan fingerprint density at radius 1 is 1.12 bits per heavy atom. The molecule has 2 fully saturated rings. The molecule has 2 aliphatic rings. The van der Waals surface area contributed by atoms with E-state index < -0.39 is 76.1 Å². The van der Waals surface area contributed by atoms with Gasteiger partial charge in [-0.05, 0) is 0 Å². The second-order valence-corrected chi connectivity index (χ2v) is 9.02. The van der Waals surface area contributed by atoms with Gasteiger partial charge in [0.05, 0.1) is 6.61 Å². The third kappa shape index (κ3) is 4.37. The van der Waals surface area contributed by atoms with Crippen molar-refractivity contribution in [3.63, 3.8) is 0 Å². The molecular formula is C11H20O11S2. The lowest BCUT2D eigenvalue weighted by atomic mass is 10.0. The van der Waals surface area contributed by atoms with E-state index in [-0.39, 0.29) is 11.5 Å². The molecule has 13 heteroatoms. The zero-order valence-electron chi connectivity index (χ0n) is 12.3. The molecule has 0 aromatic heterocycles. The Kier molecular flexibility index (Phi) is 6.47. The Bertz CT molecular complexity index is 528. The van der Waals surface area contributed by atoms with E-state index in [1.807, 2.05) is 0 Å². The van der Waals surface area contributed by atoms with Crippen LogP contribution in [0.15, 0.2) is 0 Å². The molecule has 6 N–H and O–H groups in total. The fourth-order valence-electron chi connectivity index (χ4n) is 2.81. The van der Waals surface area contributed by atoms with Gasteiger partial charge >= 0.3 is 0 Å². The van der Waals surface area contributed by atoms with Gasteiger partial charge in [0.2, 0.25) is 10.4 Å². The first-order valence-corrected chi connectivity index (χ1v) is 9.98. The van der Waals surface area contributed by atoms with E-state index in [1.54, 1.807) is 0 Å². The minimum absolute atomic E-state index is 0.0812. The molecule has 24 heavy (non-hydrogen) atoms. The number of hydrogen-bond acceptors (Lipinski definition) is 11. The van der Waals surface area contributed by atoms with E-state index in [1.165, 1.54) is 0 Å². The van der Waals surface area contributed by atoms with Gasteiger partial charge in [0.15, 0.2) is 11.5 Å². The summed E-state index contributed by atoms with van der Waals surface area (Å²) < 4.78 is 41.8. The molecule has 11 nitrogen and oxygen atoms in total. The minimum Gasteiger partial charge on any atom is -0.726 e. The lowest BCUT2D eigenvalue weighted by Gasteiger charge is -2.40. The van der Waals surface area contributed by atoms with Crippen molar-refractivity contribution in [3.05, 3.63) is 0 Å². The molecule has 2 unspecified atom stereocenters. The second-order valence-electron chi connectivity index (χ2n) is 5.67. The van der Waals surface area contributed by atoms with Crippen LogP contribution in [0.1, 0.15) is 0 Å². The van der Waals surface area contributed by atoms with Gasteiger partial charge in [-0.25, -0.2) is 8.42 Å². The van der Waals surface area contributed by atoms with E-state index in [0.717, 1.165) is 0 Å². The van der Waals surface area contributed by atoms with Crippen LogP contribution in [0.2, 0.25) is 0 Å². The lowest BCUT2D eigenvalue weighted by molar-refractivity contribution is -0.272. The lowest BCUT2D eigenvalue weighted by Crippen LogP contribution is -2.60. The molecule has 0 saturated carbocycles. The zero-order chi connectivity index (χ0) is 18.2. The minimum atomic E-state index is -5.23. The average Bonchev–Trinajstić information content (AvgIpc) is 2.74. The maximum atomic E-state index is 10.8. The summed E-state index contributed by atoms with van der Waals surface area (Å²) in [4.78, 5) is 0. The number of aliphatic hydroxyl groups is 6. The molecule has 9 atom stereocenters. The predicted octanol–water partition coefficient (Wildman–Crippen LogP) is -5.01. The molecule has 0 aromatic carbocycles. The van der Waals surface area contributed by atoms with Gasteiger partial charge in [0, 0.05) is 10.9 Å². The average molecular weight is 392 g/mol. The van der Waals surface area contributed by atoms with Crippen LogP contribution in [0.3, 0.4) is 0 Å². The van der Waals surface area contributed by atoms with Crippen LogP contribution in [0.5, 0.6) is 0 Å². The van der Waals surface area contributed by atoms with Gasteiger partial charge in [-0.15, -0.1) is 0 Å². The van der Waals surface area contributed by atoms with E-state index in [9.17, 15) is 43.6 Å². The molecule has 2 heterocycles. The Balaban J connectivity index is 2.18. The highest BCUT2D eigenvalue weighted by molar-refractivity contribution is 7.97. The zero-order valence-corrected chi connectivity index (χ0v) is 13.9. The van der Waals surface area contributed by atoms with Gasteiger partial charge in [-0.2, -0.15) is 0 Å². The molecular weight excluding hydrogens is 372 g/mol. The van der Waals surface area contributed by atoms with E-state index in [0.29, 0.717) is 0 Å². The van der Waals surface area contributed by atoms with E-state index in [2.05, 4.69) is 4.18 Å². The SMILES string of the molecule is O=S(=O)([O-])O[C@H]1[C@H](O)[C@@H](O)C(O)O[C@@H]1C[S+]1C[C@@H](O)[C@H](O)[C@H]1CO. The van der Waals surface area contributed by atoms with Crippen LogP contribution in [-0.4, -0.2) is 110 Å². The molecule has 0 amide bonds. The highest BCUT2D eigenvalue weighted by atomic mass is 32.3. The predicted molar refractivity (Wildman–Crippen MR) is 77.5 cm³/mol. The quantitative estimate of drug-likeness (QED) is 0.149. The monoisotopic (exact) mass is 392 g/mol. The van der Waals surface area contributed by atoms with Crippen LogP contribution < -0.4 is 0 Å². The number of ether oxygens (including phenoxy) is 1. The highest BCUT2D eigenvalue weighted by Crippen LogP contribution is 2.30. The van der Waals surface area contributed by atoms with Gasteiger partial charge < -0.3 is 39.9 Å². The molecule has 0 bridgehead atoms. The summed E-state index contributed by atoms with van der Waals surface area (Å²) in [5.74, 6) is -0.0295. The van der Waals surface area contributed by atoms with Crippen molar-refractivity contribution in [1.29, 1.82) is 0 Å². The van der Waals surface area contributed by atoms with Crippen molar-refractivity contribution in [2.45, 2.75) is 48.2 Å². The van der Waals surface area contributed by atoms with Gasteiger partial charge in [0.25, 0.3) is 0 Å². The fraction of sp³-hybridized carbons (Fsp3) is 1.00. The van der Waals surface area contributed by atoms with Crippen molar-refractivity contribution >= 4 is 21.3 Å². The first kappa shape index (κ1) is 20.3. The standard InChI is InChI=1S/C11H20O11S2/c12-1-6-7(14)4(13)2-23(6)3-5-10(22-24(18,19)20)8(15)9(16)11(17)21-5/h4-17H,1-3H2/t4-,5-,6-,7+,8-,9-,10-,11?,23?/m1/s1. The van der Waals surface area contributed by atoms with Gasteiger partial charge in [-0.3, -0.25) is 4.18 Å². The summed E-state index contributed by atoms with van der Waals surface area (Å²) in [6.07, 6.45) is -11.0. The first-order valence-electron chi connectivity index (χ1n) is 7.02. The summed E-state index contributed by atoms with van der Waals surface area (Å²) in [6, 6.07) is 0. The number of hydrogen-bond donors (Lipinski definition) is 6. The topological polar surface area (TPSA) is 197 Å². The summed E-state index contributed by atoms with van der Waals surface area (Å²) in [7, 11) is -6.10.